The first-order valence-electron chi connectivity index (χ1n) is 5.82. The minimum atomic E-state index is -0.969. The number of Topliss-reactive ketones (excluding diaryl/α,β-unsaturated/α-hetero) is 1. The van der Waals surface area contributed by atoms with E-state index in [1.807, 2.05) is 6.92 Å². The highest BCUT2D eigenvalue weighted by atomic mass is 79.9. The number of hydrogen-bond acceptors (Lipinski definition) is 1. The molecule has 0 atom stereocenters. The van der Waals surface area contributed by atoms with Crippen LogP contribution in [0, 0.1) is 18.6 Å². The number of aryl methyl sites for hydroxylation is 1. The van der Waals surface area contributed by atoms with Gasteiger partial charge in [-0.05, 0) is 36.2 Å². The number of carbonyl (C=O) groups excluding carboxylic acids is 1. The van der Waals surface area contributed by atoms with Gasteiger partial charge in [0.2, 0.25) is 0 Å². The van der Waals surface area contributed by atoms with E-state index in [-0.39, 0.29) is 17.8 Å². The predicted molar refractivity (Wildman–Crippen MR) is 81.0 cm³/mol. The topological polar surface area (TPSA) is 17.1 Å². The molecule has 2 rings (SSSR count). The molecular formula is C15H10Br2F2O. The molecular weight excluding hydrogens is 394 g/mol. The van der Waals surface area contributed by atoms with Gasteiger partial charge in [-0.25, -0.2) is 8.78 Å². The fourth-order valence-electron chi connectivity index (χ4n) is 1.81. The molecule has 0 N–H and O–H groups in total. The van der Waals surface area contributed by atoms with Crippen molar-refractivity contribution < 1.29 is 13.6 Å². The summed E-state index contributed by atoms with van der Waals surface area (Å²) in [4.78, 5) is 12.2. The first-order valence-corrected chi connectivity index (χ1v) is 7.40. The summed E-state index contributed by atoms with van der Waals surface area (Å²) in [5, 5.41) is 0. The first-order chi connectivity index (χ1) is 9.40. The summed E-state index contributed by atoms with van der Waals surface area (Å²) in [5.41, 5.74) is 1.47. The third-order valence-corrected chi connectivity index (χ3v) is 4.44. The van der Waals surface area contributed by atoms with Crippen molar-refractivity contribution in [2.75, 3.05) is 0 Å². The van der Waals surface area contributed by atoms with Crippen LogP contribution in [0.5, 0.6) is 0 Å². The molecule has 0 heterocycles. The van der Waals surface area contributed by atoms with Crippen molar-refractivity contribution in [2.24, 2.45) is 0 Å². The van der Waals surface area contributed by atoms with Crippen molar-refractivity contribution in [2.45, 2.75) is 13.3 Å². The summed E-state index contributed by atoms with van der Waals surface area (Å²) in [6.45, 7) is 1.90. The van der Waals surface area contributed by atoms with Crippen LogP contribution in [0.4, 0.5) is 8.78 Å². The fourth-order valence-corrected chi connectivity index (χ4v) is 2.84. The van der Waals surface area contributed by atoms with Crippen molar-refractivity contribution in [1.29, 1.82) is 0 Å². The first kappa shape index (κ1) is 15.3. The Kier molecular flexibility index (Phi) is 4.70. The van der Waals surface area contributed by atoms with Crippen molar-refractivity contribution in [3.8, 4) is 0 Å². The number of ketones is 1. The van der Waals surface area contributed by atoms with E-state index in [9.17, 15) is 13.6 Å². The van der Waals surface area contributed by atoms with Crippen LogP contribution in [0.25, 0.3) is 0 Å². The monoisotopic (exact) mass is 402 g/mol. The molecule has 2 aromatic rings. The minimum Gasteiger partial charge on any atom is -0.294 e. The van der Waals surface area contributed by atoms with Crippen LogP contribution >= 0.6 is 31.9 Å². The Hall–Kier alpha value is -1.07. The van der Waals surface area contributed by atoms with Crippen LogP contribution in [0.15, 0.2) is 39.3 Å². The summed E-state index contributed by atoms with van der Waals surface area (Å²) in [6, 6.07) is 7.31. The van der Waals surface area contributed by atoms with E-state index >= 15 is 0 Å². The molecule has 0 fully saturated rings. The highest BCUT2D eigenvalue weighted by Crippen LogP contribution is 2.27. The zero-order valence-corrected chi connectivity index (χ0v) is 13.7. The summed E-state index contributed by atoms with van der Waals surface area (Å²) < 4.78 is 28.1. The van der Waals surface area contributed by atoms with Gasteiger partial charge in [-0.1, -0.05) is 44.0 Å². The van der Waals surface area contributed by atoms with Crippen molar-refractivity contribution in [1.82, 2.24) is 0 Å². The van der Waals surface area contributed by atoms with E-state index in [0.717, 1.165) is 16.1 Å². The maximum absolute atomic E-state index is 13.6. The third-order valence-electron chi connectivity index (χ3n) is 2.93. The number of rotatable bonds is 3. The summed E-state index contributed by atoms with van der Waals surface area (Å²) in [5.74, 6) is -2.19. The van der Waals surface area contributed by atoms with Gasteiger partial charge in [0.1, 0.15) is 0 Å². The van der Waals surface area contributed by atoms with Crippen LogP contribution < -0.4 is 0 Å². The quantitative estimate of drug-likeness (QED) is 0.641. The van der Waals surface area contributed by atoms with Crippen molar-refractivity contribution >= 4 is 37.6 Å². The van der Waals surface area contributed by atoms with Crippen LogP contribution in [-0.4, -0.2) is 5.78 Å². The molecule has 0 spiro atoms. The van der Waals surface area contributed by atoms with Crippen LogP contribution in [0.3, 0.4) is 0 Å². The standard InChI is InChI=1S/C15H10Br2F2O/c1-8-5-12(17)10(7-11(8)16)14(20)6-9-3-2-4-13(18)15(9)19/h2-5,7H,6H2,1H3. The smallest absolute Gasteiger partial charge is 0.168 e. The Labute approximate surface area is 132 Å². The van der Waals surface area contributed by atoms with Gasteiger partial charge in [0.15, 0.2) is 17.4 Å². The van der Waals surface area contributed by atoms with Crippen LogP contribution in [0.2, 0.25) is 0 Å². The summed E-state index contributed by atoms with van der Waals surface area (Å²) in [6.07, 6.45) is -0.183. The van der Waals surface area contributed by atoms with E-state index in [0.29, 0.717) is 10.0 Å². The molecule has 1 nitrogen and oxygen atoms in total. The third kappa shape index (κ3) is 3.15. The number of hydrogen-bond donors (Lipinski definition) is 0. The molecule has 0 radical (unpaired) electrons. The molecule has 0 bridgehead atoms. The van der Waals surface area contributed by atoms with Gasteiger partial charge in [0.05, 0.1) is 0 Å². The summed E-state index contributed by atoms with van der Waals surface area (Å²) in [7, 11) is 0. The minimum absolute atomic E-state index is 0.0543. The molecule has 0 aliphatic carbocycles. The average Bonchev–Trinajstić information content (AvgIpc) is 2.39. The van der Waals surface area contributed by atoms with Crippen LogP contribution in [0.1, 0.15) is 21.5 Å². The second kappa shape index (κ2) is 6.14. The van der Waals surface area contributed by atoms with E-state index in [4.69, 9.17) is 0 Å². The molecule has 104 valence electrons. The SMILES string of the molecule is Cc1cc(Br)c(C(=O)Cc2cccc(F)c2F)cc1Br. The Morgan fingerprint density at radius 3 is 2.55 bits per heavy atom. The van der Waals surface area contributed by atoms with E-state index < -0.39 is 11.6 Å². The van der Waals surface area contributed by atoms with Gasteiger partial charge in [0.25, 0.3) is 0 Å². The van der Waals surface area contributed by atoms with Gasteiger partial charge < -0.3 is 0 Å². The molecule has 0 saturated carbocycles. The Balaban J connectivity index is 2.33. The lowest BCUT2D eigenvalue weighted by Crippen LogP contribution is -2.07. The Bertz CT molecular complexity index is 684. The summed E-state index contributed by atoms with van der Waals surface area (Å²) >= 11 is 6.67. The average molecular weight is 404 g/mol. The largest absolute Gasteiger partial charge is 0.294 e. The second-order valence-electron chi connectivity index (χ2n) is 4.39. The fraction of sp³-hybridized carbons (Fsp3) is 0.133. The maximum Gasteiger partial charge on any atom is 0.168 e. The molecule has 0 saturated heterocycles. The van der Waals surface area contributed by atoms with Crippen LogP contribution in [-0.2, 0) is 6.42 Å². The molecule has 0 unspecified atom stereocenters. The van der Waals surface area contributed by atoms with Gasteiger partial charge in [-0.3, -0.25) is 4.79 Å². The van der Waals surface area contributed by atoms with Crippen molar-refractivity contribution in [3.05, 3.63) is 67.6 Å². The highest BCUT2D eigenvalue weighted by Gasteiger charge is 2.16. The number of benzene rings is 2. The zero-order chi connectivity index (χ0) is 14.9. The lowest BCUT2D eigenvalue weighted by molar-refractivity contribution is 0.0991. The van der Waals surface area contributed by atoms with Gasteiger partial charge >= 0.3 is 0 Å². The normalized spacial score (nSPS) is 10.7. The lowest BCUT2D eigenvalue weighted by atomic mass is 10.0. The van der Waals surface area contributed by atoms with Gasteiger partial charge in [0, 0.05) is 20.9 Å². The predicted octanol–water partition coefficient (Wildman–Crippen LogP) is 5.22. The van der Waals surface area contributed by atoms with Gasteiger partial charge in [-0.15, -0.1) is 0 Å². The lowest BCUT2D eigenvalue weighted by Gasteiger charge is -2.08. The molecule has 0 aromatic heterocycles. The maximum atomic E-state index is 13.6. The number of halogens is 4. The second-order valence-corrected chi connectivity index (χ2v) is 6.10. The molecule has 2 aromatic carbocycles. The van der Waals surface area contributed by atoms with E-state index in [1.165, 1.54) is 12.1 Å². The molecule has 0 amide bonds. The Morgan fingerprint density at radius 2 is 1.85 bits per heavy atom. The van der Waals surface area contributed by atoms with Crippen molar-refractivity contribution in [3.63, 3.8) is 0 Å². The van der Waals surface area contributed by atoms with E-state index in [2.05, 4.69) is 31.9 Å². The van der Waals surface area contributed by atoms with E-state index in [1.54, 1.807) is 12.1 Å². The molecule has 20 heavy (non-hydrogen) atoms. The molecule has 5 heteroatoms. The molecule has 0 aliphatic rings. The van der Waals surface area contributed by atoms with Gasteiger partial charge in [-0.2, -0.15) is 0 Å². The zero-order valence-electron chi connectivity index (χ0n) is 10.5. The molecule has 0 aliphatic heterocycles. The Morgan fingerprint density at radius 1 is 1.15 bits per heavy atom. The number of carbonyl (C=O) groups is 1. The highest BCUT2D eigenvalue weighted by molar-refractivity contribution is 9.11.